The summed E-state index contributed by atoms with van der Waals surface area (Å²) < 4.78 is 0. The lowest BCUT2D eigenvalue weighted by atomic mass is 9.75. The number of carboxylic acids is 1. The second-order valence-electron chi connectivity index (χ2n) is 5.82. The molecule has 0 radical (unpaired) electrons. The van der Waals surface area contributed by atoms with Gasteiger partial charge in [0.05, 0.1) is 5.41 Å². The number of carbonyl (C=O) groups is 2. The Labute approximate surface area is 121 Å². The molecule has 1 aliphatic heterocycles. The number of nitrogens with zero attached hydrogens (tertiary/aromatic N) is 1. The van der Waals surface area contributed by atoms with E-state index in [0.29, 0.717) is 45.3 Å². The van der Waals surface area contributed by atoms with E-state index in [4.69, 9.17) is 5.73 Å². The van der Waals surface area contributed by atoms with E-state index in [1.807, 2.05) is 11.8 Å². The van der Waals surface area contributed by atoms with Gasteiger partial charge in [-0.3, -0.25) is 9.59 Å². The van der Waals surface area contributed by atoms with Gasteiger partial charge in [0.2, 0.25) is 5.91 Å². The van der Waals surface area contributed by atoms with Crippen LogP contribution in [-0.2, 0) is 9.59 Å². The molecule has 0 unspecified atom stereocenters. The summed E-state index contributed by atoms with van der Waals surface area (Å²) in [5.74, 6) is -0.535. The lowest BCUT2D eigenvalue weighted by molar-refractivity contribution is -0.155. The quantitative estimate of drug-likeness (QED) is 0.668. The van der Waals surface area contributed by atoms with E-state index in [1.54, 1.807) is 0 Å². The second kappa shape index (κ2) is 8.25. The fraction of sp³-hybridized carbons (Fsp3) is 0.867. The van der Waals surface area contributed by atoms with Crippen LogP contribution in [0, 0.1) is 5.41 Å². The topological polar surface area (TPSA) is 83.6 Å². The number of rotatable bonds is 8. The molecular formula is C15H28N2O3. The molecule has 3 N–H and O–H groups in total. The summed E-state index contributed by atoms with van der Waals surface area (Å²) in [4.78, 5) is 25.4. The molecule has 1 fully saturated rings. The smallest absolute Gasteiger partial charge is 0.309 e. The molecule has 0 aromatic heterocycles. The Balaban J connectivity index is 2.40. The number of aliphatic carboxylic acids is 1. The Morgan fingerprint density at radius 3 is 2.35 bits per heavy atom. The SMILES string of the molecule is CCCC1(C(=O)O)CCN(C(=O)CCCCCN)CC1. The van der Waals surface area contributed by atoms with E-state index in [1.165, 1.54) is 0 Å². The largest absolute Gasteiger partial charge is 0.481 e. The van der Waals surface area contributed by atoms with Gasteiger partial charge in [-0.2, -0.15) is 0 Å². The molecule has 1 amide bonds. The molecule has 20 heavy (non-hydrogen) atoms. The van der Waals surface area contributed by atoms with Gasteiger partial charge in [0.25, 0.3) is 0 Å². The van der Waals surface area contributed by atoms with Crippen LogP contribution in [0.1, 0.15) is 58.3 Å². The lowest BCUT2D eigenvalue weighted by Crippen LogP contribution is -2.46. The Morgan fingerprint density at radius 2 is 1.85 bits per heavy atom. The molecule has 5 heteroatoms. The summed E-state index contributed by atoms with van der Waals surface area (Å²) in [6.45, 7) is 3.86. The van der Waals surface area contributed by atoms with E-state index in [2.05, 4.69) is 0 Å². The third-order valence-corrected chi connectivity index (χ3v) is 4.35. The van der Waals surface area contributed by atoms with Crippen molar-refractivity contribution in [2.24, 2.45) is 11.1 Å². The van der Waals surface area contributed by atoms with Crippen molar-refractivity contribution in [2.75, 3.05) is 19.6 Å². The summed E-state index contributed by atoms with van der Waals surface area (Å²) in [6.07, 6.45) is 6.16. The highest BCUT2D eigenvalue weighted by Gasteiger charge is 2.41. The van der Waals surface area contributed by atoms with Crippen LogP contribution < -0.4 is 5.73 Å². The molecule has 0 spiro atoms. The number of piperidine rings is 1. The van der Waals surface area contributed by atoms with Gasteiger partial charge in [0, 0.05) is 19.5 Å². The molecule has 0 bridgehead atoms. The van der Waals surface area contributed by atoms with Gasteiger partial charge in [-0.25, -0.2) is 0 Å². The summed E-state index contributed by atoms with van der Waals surface area (Å²) in [6, 6.07) is 0. The molecule has 1 saturated heterocycles. The maximum absolute atomic E-state index is 12.0. The summed E-state index contributed by atoms with van der Waals surface area (Å²) in [5, 5.41) is 9.43. The number of carbonyl (C=O) groups excluding carboxylic acids is 1. The van der Waals surface area contributed by atoms with Crippen LogP contribution >= 0.6 is 0 Å². The standard InChI is InChI=1S/C15H28N2O3/c1-2-7-15(14(19)20)8-11-17(12-9-15)13(18)6-4-3-5-10-16/h2-12,16H2,1H3,(H,19,20). The highest BCUT2D eigenvalue weighted by Crippen LogP contribution is 2.36. The van der Waals surface area contributed by atoms with Crippen LogP contribution in [0.2, 0.25) is 0 Å². The first-order valence-electron chi connectivity index (χ1n) is 7.77. The van der Waals surface area contributed by atoms with Crippen molar-refractivity contribution in [2.45, 2.75) is 58.3 Å². The predicted molar refractivity (Wildman–Crippen MR) is 78.3 cm³/mol. The molecule has 0 saturated carbocycles. The Hall–Kier alpha value is -1.10. The molecule has 1 heterocycles. The van der Waals surface area contributed by atoms with E-state index in [9.17, 15) is 14.7 Å². The van der Waals surface area contributed by atoms with Crippen molar-refractivity contribution in [1.82, 2.24) is 4.90 Å². The monoisotopic (exact) mass is 284 g/mol. The van der Waals surface area contributed by atoms with Gasteiger partial charge in [0.1, 0.15) is 0 Å². The minimum Gasteiger partial charge on any atom is -0.481 e. The lowest BCUT2D eigenvalue weighted by Gasteiger charge is -2.39. The van der Waals surface area contributed by atoms with Gasteiger partial charge in [-0.15, -0.1) is 0 Å². The Morgan fingerprint density at radius 1 is 1.20 bits per heavy atom. The maximum atomic E-state index is 12.0. The van der Waals surface area contributed by atoms with Gasteiger partial charge in [0.15, 0.2) is 0 Å². The third kappa shape index (κ3) is 4.47. The maximum Gasteiger partial charge on any atom is 0.309 e. The molecule has 5 nitrogen and oxygen atoms in total. The minimum absolute atomic E-state index is 0.164. The molecule has 0 atom stereocenters. The summed E-state index contributed by atoms with van der Waals surface area (Å²) in [7, 11) is 0. The normalized spacial score (nSPS) is 18.0. The van der Waals surface area contributed by atoms with Crippen molar-refractivity contribution in [3.05, 3.63) is 0 Å². The molecule has 0 aromatic rings. The summed E-state index contributed by atoms with van der Waals surface area (Å²) >= 11 is 0. The zero-order valence-corrected chi connectivity index (χ0v) is 12.6. The zero-order chi connectivity index (χ0) is 15.0. The Bertz CT molecular complexity index is 323. The third-order valence-electron chi connectivity index (χ3n) is 4.35. The van der Waals surface area contributed by atoms with Gasteiger partial charge >= 0.3 is 5.97 Å². The number of likely N-dealkylation sites (tertiary alicyclic amines) is 1. The fourth-order valence-electron chi connectivity index (χ4n) is 2.99. The van der Waals surface area contributed by atoms with Crippen LogP contribution in [0.5, 0.6) is 0 Å². The van der Waals surface area contributed by atoms with Gasteiger partial charge < -0.3 is 15.7 Å². The first kappa shape index (κ1) is 17.0. The minimum atomic E-state index is -0.700. The second-order valence-corrected chi connectivity index (χ2v) is 5.82. The predicted octanol–water partition coefficient (Wildman–Crippen LogP) is 2.00. The van der Waals surface area contributed by atoms with Crippen molar-refractivity contribution < 1.29 is 14.7 Å². The van der Waals surface area contributed by atoms with Crippen LogP contribution in [-0.4, -0.2) is 41.5 Å². The first-order chi connectivity index (χ1) is 9.55. The van der Waals surface area contributed by atoms with Gasteiger partial charge in [-0.05, 0) is 38.6 Å². The zero-order valence-electron chi connectivity index (χ0n) is 12.6. The van der Waals surface area contributed by atoms with E-state index >= 15 is 0 Å². The van der Waals surface area contributed by atoms with Crippen molar-refractivity contribution in [3.8, 4) is 0 Å². The average Bonchev–Trinajstić information content (AvgIpc) is 2.44. The highest BCUT2D eigenvalue weighted by molar-refractivity contribution is 5.78. The van der Waals surface area contributed by atoms with Crippen LogP contribution in [0.3, 0.4) is 0 Å². The van der Waals surface area contributed by atoms with Crippen LogP contribution in [0.25, 0.3) is 0 Å². The fourth-order valence-corrected chi connectivity index (χ4v) is 2.99. The van der Waals surface area contributed by atoms with Crippen LogP contribution in [0.4, 0.5) is 0 Å². The number of hydrogen-bond donors (Lipinski definition) is 2. The number of unbranched alkanes of at least 4 members (excludes halogenated alkanes) is 2. The number of hydrogen-bond acceptors (Lipinski definition) is 3. The average molecular weight is 284 g/mol. The molecule has 0 aliphatic carbocycles. The first-order valence-corrected chi connectivity index (χ1v) is 7.77. The van der Waals surface area contributed by atoms with Crippen molar-refractivity contribution >= 4 is 11.9 Å². The molecule has 116 valence electrons. The highest BCUT2D eigenvalue weighted by atomic mass is 16.4. The number of amides is 1. The number of carboxylic acid groups (broad SMARTS) is 1. The van der Waals surface area contributed by atoms with Crippen molar-refractivity contribution in [3.63, 3.8) is 0 Å². The molecule has 0 aromatic carbocycles. The number of nitrogens with two attached hydrogens (primary N) is 1. The Kier molecular flexibility index (Phi) is 6.99. The summed E-state index contributed by atoms with van der Waals surface area (Å²) in [5.41, 5.74) is 4.82. The van der Waals surface area contributed by atoms with E-state index in [-0.39, 0.29) is 5.91 Å². The molecule has 1 rings (SSSR count). The molecular weight excluding hydrogens is 256 g/mol. The van der Waals surface area contributed by atoms with Crippen molar-refractivity contribution in [1.29, 1.82) is 0 Å². The molecule has 1 aliphatic rings. The van der Waals surface area contributed by atoms with Crippen LogP contribution in [0.15, 0.2) is 0 Å². The van der Waals surface area contributed by atoms with Gasteiger partial charge in [-0.1, -0.05) is 19.8 Å². The van der Waals surface area contributed by atoms with E-state index in [0.717, 1.165) is 25.7 Å². The van der Waals surface area contributed by atoms with E-state index < -0.39 is 11.4 Å².